The molecule has 19 heavy (non-hydrogen) atoms. The van der Waals surface area contributed by atoms with Crippen LogP contribution in [0.3, 0.4) is 0 Å². The van der Waals surface area contributed by atoms with E-state index < -0.39 is 5.97 Å². The van der Waals surface area contributed by atoms with Crippen molar-refractivity contribution in [1.82, 2.24) is 0 Å². The molecule has 0 heterocycles. The van der Waals surface area contributed by atoms with Crippen LogP contribution in [-0.2, 0) is 9.53 Å². The SMILES string of the molecule is N#COC(=O)C=Cc1ccccc1-c1ccccc1. The Balaban J connectivity index is 2.33. The van der Waals surface area contributed by atoms with Crippen LogP contribution in [0.1, 0.15) is 5.56 Å². The van der Waals surface area contributed by atoms with E-state index in [1.54, 1.807) is 6.08 Å². The van der Waals surface area contributed by atoms with Gasteiger partial charge in [-0.15, -0.1) is 5.26 Å². The van der Waals surface area contributed by atoms with Gasteiger partial charge in [0.25, 0.3) is 6.26 Å². The maximum Gasteiger partial charge on any atom is 0.346 e. The van der Waals surface area contributed by atoms with Crippen LogP contribution in [0.25, 0.3) is 17.2 Å². The van der Waals surface area contributed by atoms with E-state index in [0.717, 1.165) is 16.7 Å². The topological polar surface area (TPSA) is 50.1 Å². The van der Waals surface area contributed by atoms with E-state index >= 15 is 0 Å². The third kappa shape index (κ3) is 3.30. The number of benzene rings is 2. The first-order chi connectivity index (χ1) is 9.31. The summed E-state index contributed by atoms with van der Waals surface area (Å²) < 4.78 is 4.19. The van der Waals surface area contributed by atoms with E-state index in [1.165, 1.54) is 12.3 Å². The van der Waals surface area contributed by atoms with Gasteiger partial charge in [-0.25, -0.2) is 4.79 Å². The minimum absolute atomic E-state index is 0.676. The monoisotopic (exact) mass is 249 g/mol. The molecule has 0 spiro atoms. The fraction of sp³-hybridized carbons (Fsp3) is 0. The zero-order chi connectivity index (χ0) is 13.5. The van der Waals surface area contributed by atoms with Gasteiger partial charge in [0.05, 0.1) is 0 Å². The summed E-state index contributed by atoms with van der Waals surface area (Å²) in [5.74, 6) is -0.676. The van der Waals surface area contributed by atoms with Crippen LogP contribution in [0.5, 0.6) is 0 Å². The molecule has 3 nitrogen and oxygen atoms in total. The Hall–Kier alpha value is -2.86. The van der Waals surface area contributed by atoms with Crippen LogP contribution in [0, 0.1) is 11.5 Å². The van der Waals surface area contributed by atoms with Crippen LogP contribution in [0.4, 0.5) is 0 Å². The third-order valence-corrected chi connectivity index (χ3v) is 2.59. The minimum atomic E-state index is -0.676. The van der Waals surface area contributed by atoms with E-state index in [0.29, 0.717) is 0 Å². The van der Waals surface area contributed by atoms with Crippen molar-refractivity contribution in [3.63, 3.8) is 0 Å². The maximum atomic E-state index is 11.1. The molecule has 0 N–H and O–H groups in total. The first kappa shape index (κ1) is 12.6. The van der Waals surface area contributed by atoms with E-state index in [1.807, 2.05) is 54.6 Å². The highest BCUT2D eigenvalue weighted by Crippen LogP contribution is 2.24. The average Bonchev–Trinajstić information content (AvgIpc) is 2.47. The van der Waals surface area contributed by atoms with Gasteiger partial charge in [-0.2, -0.15) is 0 Å². The molecular weight excluding hydrogens is 238 g/mol. The molecule has 2 aromatic carbocycles. The lowest BCUT2D eigenvalue weighted by molar-refractivity contribution is -0.131. The van der Waals surface area contributed by atoms with Crippen molar-refractivity contribution in [2.45, 2.75) is 0 Å². The number of esters is 1. The first-order valence-corrected chi connectivity index (χ1v) is 5.73. The third-order valence-electron chi connectivity index (χ3n) is 2.59. The average molecular weight is 249 g/mol. The minimum Gasteiger partial charge on any atom is -0.347 e. The van der Waals surface area contributed by atoms with Gasteiger partial charge >= 0.3 is 5.97 Å². The Morgan fingerprint density at radius 3 is 2.47 bits per heavy atom. The second-order valence-corrected chi connectivity index (χ2v) is 3.80. The van der Waals surface area contributed by atoms with E-state index in [-0.39, 0.29) is 0 Å². The zero-order valence-electron chi connectivity index (χ0n) is 10.1. The predicted molar refractivity (Wildman–Crippen MR) is 72.6 cm³/mol. The molecule has 0 aliphatic carbocycles. The molecule has 0 aromatic heterocycles. The van der Waals surface area contributed by atoms with Crippen LogP contribution >= 0.6 is 0 Å². The van der Waals surface area contributed by atoms with Gasteiger partial charge < -0.3 is 4.74 Å². The molecule has 3 heteroatoms. The smallest absolute Gasteiger partial charge is 0.346 e. The molecule has 0 fully saturated rings. The Morgan fingerprint density at radius 1 is 1.05 bits per heavy atom. The highest BCUT2D eigenvalue weighted by Gasteiger charge is 2.02. The van der Waals surface area contributed by atoms with Gasteiger partial charge in [-0.3, -0.25) is 0 Å². The van der Waals surface area contributed by atoms with Crippen molar-refractivity contribution in [2.24, 2.45) is 0 Å². The highest BCUT2D eigenvalue weighted by molar-refractivity contribution is 5.89. The van der Waals surface area contributed by atoms with Crippen LogP contribution in [0.15, 0.2) is 60.7 Å². The van der Waals surface area contributed by atoms with Crippen molar-refractivity contribution in [3.8, 4) is 17.4 Å². The lowest BCUT2D eigenvalue weighted by atomic mass is 9.99. The summed E-state index contributed by atoms with van der Waals surface area (Å²) in [6.45, 7) is 0. The van der Waals surface area contributed by atoms with Crippen molar-refractivity contribution in [2.75, 3.05) is 0 Å². The van der Waals surface area contributed by atoms with Crippen LogP contribution < -0.4 is 0 Å². The first-order valence-electron chi connectivity index (χ1n) is 5.73. The summed E-state index contributed by atoms with van der Waals surface area (Å²) in [6, 6.07) is 17.6. The normalized spacial score (nSPS) is 10.1. The summed E-state index contributed by atoms with van der Waals surface area (Å²) in [7, 11) is 0. The highest BCUT2D eigenvalue weighted by atomic mass is 16.5. The van der Waals surface area contributed by atoms with Crippen molar-refractivity contribution in [1.29, 1.82) is 5.26 Å². The van der Waals surface area contributed by atoms with Gasteiger partial charge in [0, 0.05) is 6.08 Å². The molecule has 0 bridgehead atoms. The molecule has 2 aromatic rings. The van der Waals surface area contributed by atoms with Gasteiger partial charge in [0.15, 0.2) is 0 Å². The molecule has 0 unspecified atom stereocenters. The van der Waals surface area contributed by atoms with Gasteiger partial charge in [-0.05, 0) is 22.8 Å². The van der Waals surface area contributed by atoms with Crippen LogP contribution in [0.2, 0.25) is 0 Å². The summed E-state index contributed by atoms with van der Waals surface area (Å²) in [6.07, 6.45) is 4.23. The molecule has 0 radical (unpaired) electrons. The zero-order valence-corrected chi connectivity index (χ0v) is 10.1. The van der Waals surface area contributed by atoms with E-state index in [4.69, 9.17) is 5.26 Å². The number of hydrogen-bond acceptors (Lipinski definition) is 3. The number of rotatable bonds is 3. The van der Waals surface area contributed by atoms with Gasteiger partial charge in [0.2, 0.25) is 0 Å². The largest absolute Gasteiger partial charge is 0.347 e. The molecule has 0 saturated heterocycles. The molecule has 2 rings (SSSR count). The summed E-state index contributed by atoms with van der Waals surface area (Å²) >= 11 is 0. The number of ether oxygens (including phenoxy) is 1. The predicted octanol–water partition coefficient (Wildman–Crippen LogP) is 3.39. The molecule has 0 saturated carbocycles. The number of carbonyl (C=O) groups is 1. The lowest BCUT2D eigenvalue weighted by Crippen LogP contribution is -1.93. The van der Waals surface area contributed by atoms with E-state index in [2.05, 4.69) is 4.74 Å². The van der Waals surface area contributed by atoms with Crippen molar-refractivity contribution in [3.05, 3.63) is 66.2 Å². The number of nitrogens with zero attached hydrogens (tertiary/aromatic N) is 1. The number of nitriles is 1. The summed E-state index contributed by atoms with van der Waals surface area (Å²) in [4.78, 5) is 11.1. The molecule has 0 amide bonds. The Kier molecular flexibility index (Phi) is 4.09. The van der Waals surface area contributed by atoms with Crippen molar-refractivity contribution >= 4 is 12.0 Å². The molecule has 92 valence electrons. The fourth-order valence-electron chi connectivity index (χ4n) is 1.76. The number of hydrogen-bond donors (Lipinski definition) is 0. The Labute approximate surface area is 111 Å². The van der Waals surface area contributed by atoms with Crippen LogP contribution in [-0.4, -0.2) is 5.97 Å². The Bertz CT molecular complexity index is 639. The molecule has 0 aliphatic heterocycles. The number of carbonyl (C=O) groups excluding carboxylic acids is 1. The lowest BCUT2D eigenvalue weighted by Gasteiger charge is -2.05. The molecule has 0 aliphatic rings. The molecule has 0 atom stereocenters. The quantitative estimate of drug-likeness (QED) is 0.476. The second-order valence-electron chi connectivity index (χ2n) is 3.80. The fourth-order valence-corrected chi connectivity index (χ4v) is 1.76. The standard InChI is InChI=1S/C16H11NO2/c17-12-19-16(18)11-10-14-8-4-5-9-15(14)13-6-2-1-3-7-13/h1-11H. The van der Waals surface area contributed by atoms with Gasteiger partial charge in [-0.1, -0.05) is 54.6 Å². The summed E-state index contributed by atoms with van der Waals surface area (Å²) in [5.41, 5.74) is 2.98. The maximum absolute atomic E-state index is 11.1. The van der Waals surface area contributed by atoms with E-state index in [9.17, 15) is 4.79 Å². The Morgan fingerprint density at radius 2 is 1.74 bits per heavy atom. The molecular formula is C16H11NO2. The summed E-state index contributed by atoms with van der Waals surface area (Å²) in [5, 5.41) is 8.24. The van der Waals surface area contributed by atoms with Gasteiger partial charge in [0.1, 0.15) is 0 Å². The van der Waals surface area contributed by atoms with Crippen molar-refractivity contribution < 1.29 is 9.53 Å². The second kappa shape index (κ2) is 6.18.